The van der Waals surface area contributed by atoms with Crippen LogP contribution in [0, 0.1) is 11.3 Å². The van der Waals surface area contributed by atoms with Gasteiger partial charge in [0.15, 0.2) is 0 Å². The van der Waals surface area contributed by atoms with Crippen molar-refractivity contribution in [2.24, 2.45) is 11.3 Å². The van der Waals surface area contributed by atoms with E-state index in [0.717, 1.165) is 12.5 Å². The highest BCUT2D eigenvalue weighted by atomic mass is 16.3. The molecule has 102 valence electrons. The number of hydrogen-bond acceptors (Lipinski definition) is 4. The molecule has 0 aliphatic carbocycles. The van der Waals surface area contributed by atoms with E-state index in [1.807, 2.05) is 0 Å². The monoisotopic (exact) mass is 244 g/mol. The number of likely N-dealkylation sites (tertiary alicyclic amines) is 1. The Bertz CT molecular complexity index is 213. The molecular formula is C13H28N2O2. The van der Waals surface area contributed by atoms with Crippen LogP contribution in [0.5, 0.6) is 0 Å². The second-order valence-corrected chi connectivity index (χ2v) is 6.03. The van der Waals surface area contributed by atoms with E-state index in [2.05, 4.69) is 31.1 Å². The van der Waals surface area contributed by atoms with Crippen LogP contribution in [-0.2, 0) is 0 Å². The van der Waals surface area contributed by atoms with Crippen molar-refractivity contribution >= 4 is 0 Å². The Balaban J connectivity index is 2.29. The second kappa shape index (κ2) is 6.69. The summed E-state index contributed by atoms with van der Waals surface area (Å²) in [6.07, 6.45) is 1.88. The first-order valence-electron chi connectivity index (χ1n) is 6.64. The van der Waals surface area contributed by atoms with Gasteiger partial charge < -0.3 is 20.4 Å². The van der Waals surface area contributed by atoms with Crippen molar-refractivity contribution in [3.63, 3.8) is 0 Å². The maximum atomic E-state index is 9.28. The molecule has 0 aromatic carbocycles. The first kappa shape index (κ1) is 14.9. The van der Waals surface area contributed by atoms with E-state index in [9.17, 15) is 5.11 Å². The van der Waals surface area contributed by atoms with E-state index in [1.54, 1.807) is 0 Å². The average molecular weight is 244 g/mol. The Morgan fingerprint density at radius 2 is 1.94 bits per heavy atom. The van der Waals surface area contributed by atoms with Gasteiger partial charge in [0.05, 0.1) is 12.7 Å². The fraction of sp³-hybridized carbons (Fsp3) is 1.00. The summed E-state index contributed by atoms with van der Waals surface area (Å²) in [5.74, 6) is 0.748. The third-order valence-corrected chi connectivity index (χ3v) is 4.00. The van der Waals surface area contributed by atoms with Gasteiger partial charge in [-0.3, -0.25) is 0 Å². The van der Waals surface area contributed by atoms with Gasteiger partial charge in [-0.1, -0.05) is 13.8 Å². The van der Waals surface area contributed by atoms with Gasteiger partial charge in [-0.25, -0.2) is 0 Å². The van der Waals surface area contributed by atoms with Gasteiger partial charge in [0, 0.05) is 13.1 Å². The lowest BCUT2D eigenvalue weighted by molar-refractivity contribution is 0.0812. The molecule has 3 N–H and O–H groups in total. The van der Waals surface area contributed by atoms with Crippen molar-refractivity contribution in [2.45, 2.75) is 32.8 Å². The highest BCUT2D eigenvalue weighted by Crippen LogP contribution is 2.34. The zero-order chi connectivity index (χ0) is 12.9. The summed E-state index contributed by atoms with van der Waals surface area (Å²) < 4.78 is 0. The summed E-state index contributed by atoms with van der Waals surface area (Å²) in [7, 11) is 2.18. The molecule has 0 spiro atoms. The number of hydrogen-bond donors (Lipinski definition) is 3. The second-order valence-electron chi connectivity index (χ2n) is 6.03. The molecule has 0 saturated carbocycles. The molecule has 1 fully saturated rings. The minimum absolute atomic E-state index is 0.165. The number of rotatable bonds is 6. The highest BCUT2D eigenvalue weighted by Gasteiger charge is 2.31. The van der Waals surface area contributed by atoms with Crippen molar-refractivity contribution in [3.05, 3.63) is 0 Å². The van der Waals surface area contributed by atoms with Gasteiger partial charge >= 0.3 is 0 Å². The lowest BCUT2D eigenvalue weighted by Crippen LogP contribution is -2.43. The van der Waals surface area contributed by atoms with Gasteiger partial charge in [-0.05, 0) is 44.3 Å². The van der Waals surface area contributed by atoms with E-state index in [1.165, 1.54) is 25.9 Å². The van der Waals surface area contributed by atoms with Crippen LogP contribution in [0.1, 0.15) is 26.7 Å². The number of aliphatic hydroxyl groups excluding tert-OH is 2. The van der Waals surface area contributed by atoms with Crippen LogP contribution in [0.25, 0.3) is 0 Å². The van der Waals surface area contributed by atoms with Crippen LogP contribution in [0.3, 0.4) is 0 Å². The Kier molecular flexibility index (Phi) is 5.86. The van der Waals surface area contributed by atoms with E-state index < -0.39 is 6.10 Å². The number of aliphatic hydroxyl groups is 2. The Morgan fingerprint density at radius 1 is 1.35 bits per heavy atom. The Labute approximate surface area is 105 Å². The smallest absolute Gasteiger partial charge is 0.0894 e. The van der Waals surface area contributed by atoms with Gasteiger partial charge in [0.2, 0.25) is 0 Å². The highest BCUT2D eigenvalue weighted by molar-refractivity contribution is 4.84. The summed E-state index contributed by atoms with van der Waals surface area (Å²) in [4.78, 5) is 2.38. The molecule has 1 aliphatic rings. The van der Waals surface area contributed by atoms with E-state index in [-0.39, 0.29) is 12.0 Å². The van der Waals surface area contributed by atoms with Crippen molar-refractivity contribution in [1.82, 2.24) is 10.2 Å². The summed E-state index contributed by atoms with van der Waals surface area (Å²) in [5.41, 5.74) is 0.260. The van der Waals surface area contributed by atoms with Crippen LogP contribution >= 0.6 is 0 Å². The van der Waals surface area contributed by atoms with Crippen molar-refractivity contribution in [1.29, 1.82) is 0 Å². The third-order valence-electron chi connectivity index (χ3n) is 4.00. The fourth-order valence-corrected chi connectivity index (χ4v) is 2.56. The minimum atomic E-state index is -0.636. The fourth-order valence-electron chi connectivity index (χ4n) is 2.56. The molecule has 0 aromatic heterocycles. The molecule has 0 radical (unpaired) electrons. The van der Waals surface area contributed by atoms with Crippen LogP contribution in [-0.4, -0.2) is 61.1 Å². The predicted molar refractivity (Wildman–Crippen MR) is 70.0 cm³/mol. The molecule has 4 nitrogen and oxygen atoms in total. The van der Waals surface area contributed by atoms with Gasteiger partial charge in [0.25, 0.3) is 0 Å². The normalized spacial score (nSPS) is 21.7. The van der Waals surface area contributed by atoms with Gasteiger partial charge in [-0.2, -0.15) is 0 Å². The minimum Gasteiger partial charge on any atom is -0.394 e. The Hall–Kier alpha value is -0.160. The topological polar surface area (TPSA) is 55.7 Å². The van der Waals surface area contributed by atoms with Crippen molar-refractivity contribution in [3.8, 4) is 0 Å². The molecule has 1 aliphatic heterocycles. The molecule has 17 heavy (non-hydrogen) atoms. The molecule has 1 rings (SSSR count). The SMILES string of the molecule is CN1CCC(C(C)(C)CNCC(O)CO)CC1. The zero-order valence-electron chi connectivity index (χ0n) is 11.4. The summed E-state index contributed by atoms with van der Waals surface area (Å²) in [5, 5.41) is 21.3. The van der Waals surface area contributed by atoms with Crippen LogP contribution in [0.4, 0.5) is 0 Å². The quantitative estimate of drug-likeness (QED) is 0.629. The van der Waals surface area contributed by atoms with Crippen LogP contribution in [0.2, 0.25) is 0 Å². The van der Waals surface area contributed by atoms with Crippen LogP contribution < -0.4 is 5.32 Å². The largest absolute Gasteiger partial charge is 0.394 e. The average Bonchev–Trinajstić information content (AvgIpc) is 2.29. The first-order chi connectivity index (χ1) is 7.95. The van der Waals surface area contributed by atoms with Crippen molar-refractivity contribution in [2.75, 3.05) is 39.8 Å². The summed E-state index contributed by atoms with van der Waals surface area (Å²) >= 11 is 0. The first-order valence-corrected chi connectivity index (χ1v) is 6.64. The molecule has 1 unspecified atom stereocenters. The molecule has 1 atom stereocenters. The van der Waals surface area contributed by atoms with Gasteiger partial charge in [-0.15, -0.1) is 0 Å². The Morgan fingerprint density at radius 3 is 2.47 bits per heavy atom. The molecule has 4 heteroatoms. The standard InChI is InChI=1S/C13H28N2O2/c1-13(2,10-14-8-12(17)9-16)11-4-6-15(3)7-5-11/h11-12,14,16-17H,4-10H2,1-3H3. The molecule has 0 aromatic rings. The molecule has 1 heterocycles. The zero-order valence-corrected chi connectivity index (χ0v) is 11.4. The van der Waals surface area contributed by atoms with Crippen molar-refractivity contribution < 1.29 is 10.2 Å². The molecule has 0 amide bonds. The van der Waals surface area contributed by atoms with Gasteiger partial charge in [0.1, 0.15) is 0 Å². The van der Waals surface area contributed by atoms with E-state index in [0.29, 0.717) is 6.54 Å². The van der Waals surface area contributed by atoms with E-state index in [4.69, 9.17) is 5.11 Å². The number of nitrogens with zero attached hydrogens (tertiary/aromatic N) is 1. The molecular weight excluding hydrogens is 216 g/mol. The maximum absolute atomic E-state index is 9.28. The molecule has 1 saturated heterocycles. The summed E-state index contributed by atoms with van der Waals surface area (Å²) in [6.45, 7) is 8.18. The van der Waals surface area contributed by atoms with Crippen LogP contribution in [0.15, 0.2) is 0 Å². The van der Waals surface area contributed by atoms with E-state index >= 15 is 0 Å². The predicted octanol–water partition coefficient (Wildman–Crippen LogP) is 0.297. The summed E-state index contributed by atoms with van der Waals surface area (Å²) in [6, 6.07) is 0. The maximum Gasteiger partial charge on any atom is 0.0894 e. The molecule has 0 bridgehead atoms. The number of nitrogens with one attached hydrogen (secondary N) is 1. The lowest BCUT2D eigenvalue weighted by atomic mass is 9.73. The lowest BCUT2D eigenvalue weighted by Gasteiger charge is -2.40. The number of piperidine rings is 1. The third kappa shape index (κ3) is 4.92.